The number of pyridine rings is 2. The molecule has 2 aromatic heterocycles. The van der Waals surface area contributed by atoms with E-state index in [0.717, 1.165) is 28.1 Å². The van der Waals surface area contributed by atoms with Crippen LogP contribution >= 0.6 is 0 Å². The van der Waals surface area contributed by atoms with Crippen molar-refractivity contribution in [2.75, 3.05) is 0 Å². The van der Waals surface area contributed by atoms with Gasteiger partial charge >= 0.3 is 0 Å². The smallest absolute Gasteiger partial charge is 0.213 e. The zero-order chi connectivity index (χ0) is 22.1. The molecule has 0 amide bonds. The number of benzene rings is 1. The van der Waals surface area contributed by atoms with Gasteiger partial charge in [0.25, 0.3) is 0 Å². The van der Waals surface area contributed by atoms with E-state index >= 15 is 0 Å². The lowest BCUT2D eigenvalue weighted by Crippen LogP contribution is -2.32. The summed E-state index contributed by atoms with van der Waals surface area (Å²) in [6.45, 7) is 5.55. The van der Waals surface area contributed by atoms with Gasteiger partial charge in [-0.15, -0.1) is 0 Å². The lowest BCUT2D eigenvalue weighted by atomic mass is 9.78. The van der Waals surface area contributed by atoms with Gasteiger partial charge in [-0.05, 0) is 41.1 Å². The van der Waals surface area contributed by atoms with Crippen LogP contribution in [-0.4, -0.2) is 4.98 Å². The topological polar surface area (TPSA) is 16.8 Å². The fourth-order valence-corrected chi connectivity index (χ4v) is 4.19. The average Bonchev–Trinajstić information content (AvgIpc) is 2.89. The predicted octanol–water partition coefficient (Wildman–Crippen LogP) is 5.31. The van der Waals surface area contributed by atoms with Crippen LogP contribution in [0.15, 0.2) is 48.8 Å². The first-order valence-corrected chi connectivity index (χ1v) is 8.98. The Morgan fingerprint density at radius 1 is 1.23 bits per heavy atom. The zero-order valence-electron chi connectivity index (χ0n) is 20.0. The van der Waals surface area contributed by atoms with E-state index < -0.39 is 12.7 Å². The Morgan fingerprint density at radius 3 is 2.81 bits per heavy atom. The minimum atomic E-state index is -2.42. The summed E-state index contributed by atoms with van der Waals surface area (Å²) in [5, 5.41) is 0. The number of rotatable bonds is 2. The van der Waals surface area contributed by atoms with Crippen molar-refractivity contribution in [2.45, 2.75) is 45.9 Å². The molecule has 0 saturated carbocycles. The molecule has 1 aliphatic carbocycles. The quantitative estimate of drug-likeness (QED) is 0.574. The second-order valence-corrected chi connectivity index (χ2v) is 7.74. The predicted molar refractivity (Wildman–Crippen MR) is 107 cm³/mol. The Bertz CT molecular complexity index is 1160. The van der Waals surface area contributed by atoms with Crippen LogP contribution in [0.1, 0.15) is 61.3 Å². The minimum Gasteiger partial charge on any atom is -0.256 e. The molecule has 132 valence electrons. The number of nitrogens with zero attached hydrogens (tertiary/aromatic N) is 2. The highest BCUT2D eigenvalue weighted by Crippen LogP contribution is 2.51. The molecule has 1 unspecified atom stereocenters. The maximum Gasteiger partial charge on any atom is 0.213 e. The first-order valence-electron chi connectivity index (χ1n) is 11.0. The summed E-state index contributed by atoms with van der Waals surface area (Å²) in [4.78, 5) is 4.66. The first-order chi connectivity index (χ1) is 13.9. The Balaban J connectivity index is 2.02. The van der Waals surface area contributed by atoms with Gasteiger partial charge in [-0.2, -0.15) is 0 Å². The highest BCUT2D eigenvalue weighted by Gasteiger charge is 2.40. The van der Waals surface area contributed by atoms with Gasteiger partial charge in [0.1, 0.15) is 7.05 Å². The van der Waals surface area contributed by atoms with Crippen LogP contribution in [-0.2, 0) is 12.5 Å². The molecule has 0 fully saturated rings. The molecule has 1 aliphatic rings. The molecule has 1 aromatic carbocycles. The van der Waals surface area contributed by atoms with Crippen LogP contribution in [0.2, 0.25) is 0 Å². The van der Waals surface area contributed by atoms with Crippen molar-refractivity contribution < 1.29 is 10.1 Å². The molecule has 2 heteroatoms. The van der Waals surface area contributed by atoms with E-state index in [1.165, 1.54) is 18.1 Å². The number of hydrogen-bond donors (Lipinski definition) is 0. The largest absolute Gasteiger partial charge is 0.256 e. The van der Waals surface area contributed by atoms with Gasteiger partial charge in [0.15, 0.2) is 6.20 Å². The summed E-state index contributed by atoms with van der Waals surface area (Å²) in [7, 11) is 1.96. The Labute approximate surface area is 162 Å². The summed E-state index contributed by atoms with van der Waals surface area (Å²) in [5.74, 6) is -1.69. The van der Waals surface area contributed by atoms with Gasteiger partial charge < -0.3 is 0 Å². The van der Waals surface area contributed by atoms with E-state index in [0.29, 0.717) is 5.56 Å². The zero-order valence-corrected chi connectivity index (χ0v) is 16.0. The molecule has 2 nitrogen and oxygen atoms in total. The van der Waals surface area contributed by atoms with Crippen molar-refractivity contribution in [1.29, 1.82) is 0 Å². The highest BCUT2D eigenvalue weighted by molar-refractivity contribution is 5.86. The summed E-state index contributed by atoms with van der Waals surface area (Å²) in [5.41, 5.74) is 7.87. The molecule has 0 aliphatic heterocycles. The first kappa shape index (κ1) is 12.8. The third-order valence-corrected chi connectivity index (χ3v) is 5.61. The third kappa shape index (κ3) is 2.32. The molecule has 0 N–H and O–H groups in total. The molecule has 0 spiro atoms. The fourth-order valence-electron chi connectivity index (χ4n) is 4.19. The van der Waals surface area contributed by atoms with Gasteiger partial charge in [-0.25, -0.2) is 4.57 Å². The van der Waals surface area contributed by atoms with Crippen LogP contribution in [0.4, 0.5) is 0 Å². The SMILES string of the molecule is [2H]C([2H])([2H])C([2H])(C)c1cc[n+](C)c(-c2c(C)ccc3c2C(C)(C)c2cccnc2-3)c1. The van der Waals surface area contributed by atoms with Crippen molar-refractivity contribution in [2.24, 2.45) is 7.05 Å². The average molecular weight is 348 g/mol. The normalized spacial score (nSPS) is 19.4. The lowest BCUT2D eigenvalue weighted by molar-refractivity contribution is -0.660. The maximum atomic E-state index is 8.56. The molecule has 26 heavy (non-hydrogen) atoms. The van der Waals surface area contributed by atoms with Gasteiger partial charge in [0, 0.05) is 34.8 Å². The van der Waals surface area contributed by atoms with Gasteiger partial charge in [-0.1, -0.05) is 45.8 Å². The van der Waals surface area contributed by atoms with Crippen molar-refractivity contribution in [1.82, 2.24) is 4.98 Å². The number of hydrogen-bond acceptors (Lipinski definition) is 1. The molecule has 3 aromatic rings. The number of aryl methyl sites for hydroxylation is 2. The van der Waals surface area contributed by atoms with Crippen molar-refractivity contribution in [3.63, 3.8) is 0 Å². The summed E-state index contributed by atoms with van der Waals surface area (Å²) < 4.78 is 34.1. The van der Waals surface area contributed by atoms with Gasteiger partial charge in [0.05, 0.1) is 11.3 Å². The van der Waals surface area contributed by atoms with Crippen molar-refractivity contribution in [3.8, 4) is 22.5 Å². The van der Waals surface area contributed by atoms with Gasteiger partial charge in [-0.3, -0.25) is 4.98 Å². The van der Waals surface area contributed by atoms with Crippen LogP contribution in [0.25, 0.3) is 22.5 Å². The summed E-state index contributed by atoms with van der Waals surface area (Å²) in [6.07, 6.45) is 3.68. The molecule has 0 radical (unpaired) electrons. The monoisotopic (exact) mass is 347 g/mol. The van der Waals surface area contributed by atoms with Crippen LogP contribution in [0.3, 0.4) is 0 Å². The second kappa shape index (κ2) is 5.77. The summed E-state index contributed by atoms with van der Waals surface area (Å²) in [6, 6.07) is 12.0. The minimum absolute atomic E-state index is 0.239. The van der Waals surface area contributed by atoms with Crippen molar-refractivity contribution in [3.05, 3.63) is 71.0 Å². The lowest BCUT2D eigenvalue weighted by Gasteiger charge is -2.24. The van der Waals surface area contributed by atoms with Crippen LogP contribution in [0.5, 0.6) is 0 Å². The number of aromatic nitrogens is 2. The molecule has 0 saturated heterocycles. The molecule has 0 bridgehead atoms. The maximum absolute atomic E-state index is 8.56. The van der Waals surface area contributed by atoms with Crippen LogP contribution < -0.4 is 4.57 Å². The Kier molecular flexibility index (Phi) is 2.84. The highest BCUT2D eigenvalue weighted by atomic mass is 14.9. The standard InChI is InChI=1S/C24H27N2/c1-15(2)17-11-13-26(6)20(14-17)21-16(3)9-10-18-22(21)24(4,5)19-8-7-12-25-23(18)19/h7-15H,1-6H3/q+1/i1D3,15D. The second-order valence-electron chi connectivity index (χ2n) is 7.74. The van der Waals surface area contributed by atoms with E-state index in [9.17, 15) is 0 Å². The van der Waals surface area contributed by atoms with Gasteiger partial charge in [0.2, 0.25) is 5.69 Å². The van der Waals surface area contributed by atoms with E-state index in [2.05, 4.69) is 44.0 Å². The van der Waals surface area contributed by atoms with E-state index in [1.54, 1.807) is 6.07 Å². The molecule has 2 heterocycles. The molecular weight excluding hydrogens is 316 g/mol. The molecule has 1 atom stereocenters. The third-order valence-electron chi connectivity index (χ3n) is 5.61. The number of fused-ring (bicyclic) bond motifs is 3. The molecular formula is C24H27N2+. The van der Waals surface area contributed by atoms with Crippen LogP contribution in [0, 0.1) is 6.92 Å². The Hall–Kier alpha value is -2.48. The fraction of sp³-hybridized carbons (Fsp3) is 0.333. The van der Waals surface area contributed by atoms with Crippen molar-refractivity contribution >= 4 is 0 Å². The summed E-state index contributed by atoms with van der Waals surface area (Å²) >= 11 is 0. The van der Waals surface area contributed by atoms with E-state index in [-0.39, 0.29) is 5.41 Å². The molecule has 4 rings (SSSR count). The van der Waals surface area contributed by atoms with E-state index in [4.69, 9.17) is 5.48 Å². The Morgan fingerprint density at radius 2 is 2.04 bits per heavy atom. The van der Waals surface area contributed by atoms with E-state index in [1.807, 2.05) is 36.1 Å².